The van der Waals surface area contributed by atoms with E-state index >= 15 is 0 Å². The molecule has 18 heavy (non-hydrogen) atoms. The highest BCUT2D eigenvalue weighted by atomic mass is 14.7. The maximum atomic E-state index is 5.95. The molecule has 1 heterocycles. The second-order valence-electron chi connectivity index (χ2n) is 4.76. The lowest BCUT2D eigenvalue weighted by Crippen LogP contribution is -2.16. The predicted molar refractivity (Wildman–Crippen MR) is 75.8 cm³/mol. The molecule has 0 amide bonds. The molecule has 1 aromatic heterocycles. The number of hydrogen-bond donors (Lipinski definition) is 1. The van der Waals surface area contributed by atoms with Crippen LogP contribution in [0.15, 0.2) is 36.5 Å². The smallest absolute Gasteiger partial charge is 0.0491 e. The zero-order valence-corrected chi connectivity index (χ0v) is 11.3. The molecule has 0 aliphatic rings. The van der Waals surface area contributed by atoms with Gasteiger partial charge in [-0.1, -0.05) is 18.2 Å². The van der Waals surface area contributed by atoms with Gasteiger partial charge < -0.3 is 5.73 Å². The summed E-state index contributed by atoms with van der Waals surface area (Å²) in [5, 5.41) is 0. The standard InChI is InChI=1S/C16H20N2/c1-11-7-8-14(13(3)12(11)2)15(10-17)16-6-4-5-9-18-16/h4-9,15H,10,17H2,1-3H3. The van der Waals surface area contributed by atoms with Crippen molar-refractivity contribution < 1.29 is 0 Å². The fourth-order valence-corrected chi connectivity index (χ4v) is 2.34. The molecule has 1 unspecified atom stereocenters. The van der Waals surface area contributed by atoms with E-state index in [1.165, 1.54) is 22.3 Å². The molecule has 1 atom stereocenters. The van der Waals surface area contributed by atoms with Gasteiger partial charge in [0.15, 0.2) is 0 Å². The van der Waals surface area contributed by atoms with Crippen LogP contribution in [0.4, 0.5) is 0 Å². The summed E-state index contributed by atoms with van der Waals surface area (Å²) in [4.78, 5) is 4.44. The summed E-state index contributed by atoms with van der Waals surface area (Å²) in [6.45, 7) is 7.06. The van der Waals surface area contributed by atoms with Crippen LogP contribution in [0.5, 0.6) is 0 Å². The third-order valence-electron chi connectivity index (χ3n) is 3.76. The number of nitrogens with zero attached hydrogens (tertiary/aromatic N) is 1. The van der Waals surface area contributed by atoms with Crippen LogP contribution in [0.3, 0.4) is 0 Å². The highest BCUT2D eigenvalue weighted by Crippen LogP contribution is 2.27. The van der Waals surface area contributed by atoms with Crippen molar-refractivity contribution in [3.63, 3.8) is 0 Å². The minimum Gasteiger partial charge on any atom is -0.329 e. The minimum absolute atomic E-state index is 0.186. The van der Waals surface area contributed by atoms with Gasteiger partial charge in [0.1, 0.15) is 0 Å². The Morgan fingerprint density at radius 2 is 1.83 bits per heavy atom. The van der Waals surface area contributed by atoms with E-state index in [0.717, 1.165) is 5.69 Å². The first-order chi connectivity index (χ1) is 8.65. The molecule has 0 bridgehead atoms. The molecular formula is C16H20N2. The Kier molecular flexibility index (Phi) is 3.78. The molecule has 0 aliphatic carbocycles. The van der Waals surface area contributed by atoms with E-state index in [1.807, 2.05) is 24.4 Å². The van der Waals surface area contributed by atoms with Gasteiger partial charge in [-0.3, -0.25) is 4.98 Å². The summed E-state index contributed by atoms with van der Waals surface area (Å²) in [7, 11) is 0. The number of benzene rings is 1. The molecule has 0 saturated heterocycles. The summed E-state index contributed by atoms with van der Waals surface area (Å²) < 4.78 is 0. The Bertz CT molecular complexity index is 532. The van der Waals surface area contributed by atoms with Crippen molar-refractivity contribution in [3.05, 3.63) is 64.5 Å². The third-order valence-corrected chi connectivity index (χ3v) is 3.76. The van der Waals surface area contributed by atoms with E-state index in [4.69, 9.17) is 5.73 Å². The van der Waals surface area contributed by atoms with Crippen LogP contribution in [0.1, 0.15) is 33.9 Å². The van der Waals surface area contributed by atoms with E-state index in [1.54, 1.807) is 0 Å². The van der Waals surface area contributed by atoms with Crippen molar-refractivity contribution in [3.8, 4) is 0 Å². The van der Waals surface area contributed by atoms with Crippen molar-refractivity contribution in [1.82, 2.24) is 4.98 Å². The number of aryl methyl sites for hydroxylation is 1. The molecule has 0 radical (unpaired) electrons. The van der Waals surface area contributed by atoms with Crippen molar-refractivity contribution in [1.29, 1.82) is 0 Å². The largest absolute Gasteiger partial charge is 0.329 e. The Labute approximate surface area is 109 Å². The van der Waals surface area contributed by atoms with Crippen LogP contribution in [-0.4, -0.2) is 11.5 Å². The molecule has 0 aliphatic heterocycles. The van der Waals surface area contributed by atoms with Crippen LogP contribution in [-0.2, 0) is 0 Å². The summed E-state index contributed by atoms with van der Waals surface area (Å²) >= 11 is 0. The van der Waals surface area contributed by atoms with Gasteiger partial charge >= 0.3 is 0 Å². The van der Waals surface area contributed by atoms with Crippen molar-refractivity contribution >= 4 is 0 Å². The average Bonchev–Trinajstić information content (AvgIpc) is 2.41. The van der Waals surface area contributed by atoms with Crippen LogP contribution in [0.2, 0.25) is 0 Å². The normalized spacial score (nSPS) is 12.4. The summed E-state index contributed by atoms with van der Waals surface area (Å²) in [5.74, 6) is 0.186. The number of nitrogens with two attached hydrogens (primary N) is 1. The fourth-order valence-electron chi connectivity index (χ4n) is 2.34. The van der Waals surface area contributed by atoms with E-state index in [0.29, 0.717) is 6.54 Å². The first-order valence-electron chi connectivity index (χ1n) is 6.33. The number of pyridine rings is 1. The van der Waals surface area contributed by atoms with Crippen molar-refractivity contribution in [2.45, 2.75) is 26.7 Å². The first-order valence-corrected chi connectivity index (χ1v) is 6.33. The van der Waals surface area contributed by atoms with Crippen LogP contribution in [0, 0.1) is 20.8 Å². The maximum absolute atomic E-state index is 5.95. The van der Waals surface area contributed by atoms with E-state index < -0.39 is 0 Å². The minimum atomic E-state index is 0.186. The number of aromatic nitrogens is 1. The SMILES string of the molecule is Cc1ccc(C(CN)c2ccccn2)c(C)c1C. The Morgan fingerprint density at radius 3 is 2.44 bits per heavy atom. The predicted octanol–water partition coefficient (Wildman–Crippen LogP) is 3.10. The molecule has 2 nitrogen and oxygen atoms in total. The third kappa shape index (κ3) is 2.29. The van der Waals surface area contributed by atoms with E-state index in [9.17, 15) is 0 Å². The van der Waals surface area contributed by atoms with Crippen LogP contribution in [0.25, 0.3) is 0 Å². The summed E-state index contributed by atoms with van der Waals surface area (Å²) in [6, 6.07) is 10.4. The zero-order chi connectivity index (χ0) is 13.1. The average molecular weight is 240 g/mol. The van der Waals surface area contributed by atoms with Gasteiger partial charge in [-0.2, -0.15) is 0 Å². The van der Waals surface area contributed by atoms with E-state index in [-0.39, 0.29) is 5.92 Å². The molecule has 2 aromatic rings. The Balaban J connectivity index is 2.50. The quantitative estimate of drug-likeness (QED) is 0.895. The van der Waals surface area contributed by atoms with Gasteiger partial charge in [-0.25, -0.2) is 0 Å². The molecule has 1 aromatic carbocycles. The first kappa shape index (κ1) is 12.8. The number of rotatable bonds is 3. The highest BCUT2D eigenvalue weighted by Gasteiger charge is 2.16. The Morgan fingerprint density at radius 1 is 1.06 bits per heavy atom. The van der Waals surface area contributed by atoms with Gasteiger partial charge in [0, 0.05) is 24.4 Å². The van der Waals surface area contributed by atoms with Gasteiger partial charge in [-0.15, -0.1) is 0 Å². The summed E-state index contributed by atoms with van der Waals surface area (Å²) in [6.07, 6.45) is 1.83. The molecular weight excluding hydrogens is 220 g/mol. The lowest BCUT2D eigenvalue weighted by Gasteiger charge is -2.19. The number of hydrogen-bond acceptors (Lipinski definition) is 2. The molecule has 2 N–H and O–H groups in total. The molecule has 0 fully saturated rings. The van der Waals surface area contributed by atoms with E-state index in [2.05, 4.69) is 37.9 Å². The Hall–Kier alpha value is -1.67. The van der Waals surface area contributed by atoms with Crippen LogP contribution < -0.4 is 5.73 Å². The molecule has 2 rings (SSSR count). The fraction of sp³-hybridized carbons (Fsp3) is 0.312. The van der Waals surface area contributed by atoms with Crippen molar-refractivity contribution in [2.75, 3.05) is 6.54 Å². The maximum Gasteiger partial charge on any atom is 0.0491 e. The second kappa shape index (κ2) is 5.32. The molecule has 94 valence electrons. The monoisotopic (exact) mass is 240 g/mol. The molecule has 0 spiro atoms. The van der Waals surface area contributed by atoms with Gasteiger partial charge in [0.2, 0.25) is 0 Å². The molecule has 2 heteroatoms. The van der Waals surface area contributed by atoms with Crippen molar-refractivity contribution in [2.24, 2.45) is 5.73 Å². The topological polar surface area (TPSA) is 38.9 Å². The summed E-state index contributed by atoms with van der Waals surface area (Å²) in [5.41, 5.74) is 12.3. The zero-order valence-electron chi connectivity index (χ0n) is 11.3. The highest BCUT2D eigenvalue weighted by molar-refractivity contribution is 5.43. The van der Waals surface area contributed by atoms with Gasteiger partial charge in [0.25, 0.3) is 0 Å². The second-order valence-corrected chi connectivity index (χ2v) is 4.76. The van der Waals surface area contributed by atoms with Crippen LogP contribution >= 0.6 is 0 Å². The lowest BCUT2D eigenvalue weighted by atomic mass is 9.88. The van der Waals surface area contributed by atoms with Gasteiger partial charge in [0.05, 0.1) is 0 Å². The molecule has 0 saturated carbocycles. The van der Waals surface area contributed by atoms with Gasteiger partial charge in [-0.05, 0) is 55.2 Å². The lowest BCUT2D eigenvalue weighted by molar-refractivity contribution is 0.779.